The molecule has 0 bridgehead atoms. The quantitative estimate of drug-likeness (QED) is 0.666. The van der Waals surface area contributed by atoms with E-state index >= 15 is 0 Å². The van der Waals surface area contributed by atoms with Gasteiger partial charge in [-0.25, -0.2) is 4.79 Å². The molecule has 6 heteroatoms. The SMILES string of the molecule is COC(=O)CC(NC(=O)C(C)C)C(=O)OC. The minimum atomic E-state index is -0.993. The molecule has 16 heavy (non-hydrogen) atoms. The summed E-state index contributed by atoms with van der Waals surface area (Å²) in [6.07, 6.45) is -0.234. The standard InChI is InChI=1S/C10H17NO5/c1-6(2)9(13)11-7(10(14)16-4)5-8(12)15-3/h6-7H,5H2,1-4H3,(H,11,13). The zero-order chi connectivity index (χ0) is 12.7. The summed E-state index contributed by atoms with van der Waals surface area (Å²) in [6.45, 7) is 3.36. The maximum atomic E-state index is 11.4. The third-order valence-corrected chi connectivity index (χ3v) is 1.93. The molecule has 0 aromatic carbocycles. The predicted octanol–water partition coefficient (Wildman–Crippen LogP) is -0.137. The van der Waals surface area contributed by atoms with E-state index in [0.29, 0.717) is 0 Å². The third-order valence-electron chi connectivity index (χ3n) is 1.93. The van der Waals surface area contributed by atoms with Gasteiger partial charge < -0.3 is 14.8 Å². The zero-order valence-corrected chi connectivity index (χ0v) is 9.90. The fourth-order valence-corrected chi connectivity index (χ4v) is 0.924. The van der Waals surface area contributed by atoms with E-state index < -0.39 is 18.0 Å². The summed E-state index contributed by atoms with van der Waals surface area (Å²) >= 11 is 0. The largest absolute Gasteiger partial charge is 0.469 e. The van der Waals surface area contributed by atoms with Gasteiger partial charge in [-0.3, -0.25) is 9.59 Å². The highest BCUT2D eigenvalue weighted by atomic mass is 16.5. The van der Waals surface area contributed by atoms with Crippen LogP contribution in [-0.4, -0.2) is 38.1 Å². The number of esters is 2. The molecular formula is C10H17NO5. The number of hydrogen-bond acceptors (Lipinski definition) is 5. The van der Waals surface area contributed by atoms with Gasteiger partial charge >= 0.3 is 11.9 Å². The van der Waals surface area contributed by atoms with Gasteiger partial charge in [0.2, 0.25) is 5.91 Å². The molecule has 0 aliphatic heterocycles. The average Bonchev–Trinajstić information content (AvgIpc) is 2.26. The Morgan fingerprint density at radius 3 is 2.06 bits per heavy atom. The first-order chi connectivity index (χ1) is 7.42. The van der Waals surface area contributed by atoms with Crippen LogP contribution in [0.3, 0.4) is 0 Å². The van der Waals surface area contributed by atoms with E-state index in [4.69, 9.17) is 0 Å². The zero-order valence-electron chi connectivity index (χ0n) is 9.90. The highest BCUT2D eigenvalue weighted by molar-refractivity contribution is 5.88. The Morgan fingerprint density at radius 2 is 1.69 bits per heavy atom. The van der Waals surface area contributed by atoms with Crippen LogP contribution in [-0.2, 0) is 23.9 Å². The minimum Gasteiger partial charge on any atom is -0.469 e. The van der Waals surface area contributed by atoms with Crippen LogP contribution in [0.1, 0.15) is 20.3 Å². The summed E-state index contributed by atoms with van der Waals surface area (Å²) in [5.74, 6) is -1.84. The first-order valence-corrected chi connectivity index (χ1v) is 4.87. The van der Waals surface area contributed by atoms with Crippen molar-refractivity contribution in [3.63, 3.8) is 0 Å². The molecule has 0 aliphatic rings. The summed E-state index contributed by atoms with van der Waals surface area (Å²) in [4.78, 5) is 33.7. The van der Waals surface area contributed by atoms with Gasteiger partial charge in [0.15, 0.2) is 0 Å². The molecule has 0 fully saturated rings. The lowest BCUT2D eigenvalue weighted by Crippen LogP contribution is -2.44. The molecule has 1 N–H and O–H groups in total. The Hall–Kier alpha value is -1.59. The second-order valence-corrected chi connectivity index (χ2v) is 3.52. The normalized spacial score (nSPS) is 11.8. The summed E-state index contributed by atoms with van der Waals surface area (Å²) < 4.78 is 8.90. The Bertz CT molecular complexity index is 274. The average molecular weight is 231 g/mol. The van der Waals surface area contributed by atoms with Crippen LogP contribution in [0.4, 0.5) is 0 Å². The molecular weight excluding hydrogens is 214 g/mol. The van der Waals surface area contributed by atoms with Crippen molar-refractivity contribution >= 4 is 17.8 Å². The molecule has 0 aromatic rings. The number of carbonyl (C=O) groups excluding carboxylic acids is 3. The van der Waals surface area contributed by atoms with Crippen molar-refractivity contribution in [1.29, 1.82) is 0 Å². The molecule has 1 amide bonds. The van der Waals surface area contributed by atoms with Crippen LogP contribution in [0.25, 0.3) is 0 Å². The van der Waals surface area contributed by atoms with Gasteiger partial charge in [-0.2, -0.15) is 0 Å². The molecule has 0 aliphatic carbocycles. The van der Waals surface area contributed by atoms with Gasteiger partial charge in [-0.05, 0) is 0 Å². The summed E-state index contributed by atoms with van der Waals surface area (Å²) in [6, 6.07) is -0.993. The van der Waals surface area contributed by atoms with Gasteiger partial charge in [0.05, 0.1) is 20.6 Å². The number of carbonyl (C=O) groups is 3. The number of hydrogen-bond donors (Lipinski definition) is 1. The van der Waals surface area contributed by atoms with Gasteiger partial charge in [0.1, 0.15) is 6.04 Å². The van der Waals surface area contributed by atoms with E-state index in [0.717, 1.165) is 0 Å². The van der Waals surface area contributed by atoms with E-state index in [1.807, 2.05) is 0 Å². The Kier molecular flexibility index (Phi) is 6.14. The molecule has 0 spiro atoms. The third kappa shape index (κ3) is 4.77. The van der Waals surface area contributed by atoms with Gasteiger partial charge in [-0.15, -0.1) is 0 Å². The summed E-state index contributed by atoms with van der Waals surface area (Å²) in [5.41, 5.74) is 0. The van der Waals surface area contributed by atoms with Crippen LogP contribution in [0.15, 0.2) is 0 Å². The number of methoxy groups -OCH3 is 2. The lowest BCUT2D eigenvalue weighted by atomic mass is 10.1. The highest BCUT2D eigenvalue weighted by Gasteiger charge is 2.25. The molecule has 0 saturated carbocycles. The number of nitrogens with one attached hydrogen (secondary N) is 1. The van der Waals surface area contributed by atoms with Gasteiger partial charge in [0.25, 0.3) is 0 Å². The van der Waals surface area contributed by atoms with E-state index in [-0.39, 0.29) is 18.2 Å². The van der Waals surface area contributed by atoms with E-state index in [9.17, 15) is 14.4 Å². The van der Waals surface area contributed by atoms with Crippen LogP contribution < -0.4 is 5.32 Å². The maximum absolute atomic E-state index is 11.4. The van der Waals surface area contributed by atoms with E-state index in [1.54, 1.807) is 13.8 Å². The van der Waals surface area contributed by atoms with Crippen LogP contribution in [0, 0.1) is 5.92 Å². The highest BCUT2D eigenvalue weighted by Crippen LogP contribution is 2.00. The van der Waals surface area contributed by atoms with Crippen LogP contribution >= 0.6 is 0 Å². The van der Waals surface area contributed by atoms with Crippen molar-refractivity contribution in [2.75, 3.05) is 14.2 Å². The first-order valence-electron chi connectivity index (χ1n) is 4.87. The first kappa shape index (κ1) is 14.4. The van der Waals surface area contributed by atoms with Crippen molar-refractivity contribution in [1.82, 2.24) is 5.32 Å². The predicted molar refractivity (Wildman–Crippen MR) is 55.4 cm³/mol. The van der Waals surface area contributed by atoms with E-state index in [1.165, 1.54) is 14.2 Å². The second-order valence-electron chi connectivity index (χ2n) is 3.52. The molecule has 0 aromatic heterocycles. The van der Waals surface area contributed by atoms with Crippen molar-refractivity contribution < 1.29 is 23.9 Å². The molecule has 0 rings (SSSR count). The molecule has 0 radical (unpaired) electrons. The lowest BCUT2D eigenvalue weighted by Gasteiger charge is -2.16. The van der Waals surface area contributed by atoms with Crippen LogP contribution in [0.5, 0.6) is 0 Å². The topological polar surface area (TPSA) is 81.7 Å². The molecule has 1 atom stereocenters. The second kappa shape index (κ2) is 6.81. The van der Waals surface area contributed by atoms with Crippen molar-refractivity contribution in [3.8, 4) is 0 Å². The summed E-state index contributed by atoms with van der Waals surface area (Å²) in [7, 11) is 2.40. The minimum absolute atomic E-state index is 0.234. The van der Waals surface area contributed by atoms with Gasteiger partial charge in [0, 0.05) is 5.92 Å². The smallest absolute Gasteiger partial charge is 0.328 e. The number of ether oxygens (including phenoxy) is 2. The van der Waals surface area contributed by atoms with Gasteiger partial charge in [-0.1, -0.05) is 13.8 Å². The van der Waals surface area contributed by atoms with Crippen molar-refractivity contribution in [3.05, 3.63) is 0 Å². The molecule has 1 unspecified atom stereocenters. The molecule has 0 heterocycles. The molecule has 0 saturated heterocycles. The lowest BCUT2D eigenvalue weighted by molar-refractivity contribution is -0.151. The number of amides is 1. The number of rotatable bonds is 5. The maximum Gasteiger partial charge on any atom is 0.328 e. The molecule has 6 nitrogen and oxygen atoms in total. The van der Waals surface area contributed by atoms with E-state index in [2.05, 4.69) is 14.8 Å². The fraction of sp³-hybridized carbons (Fsp3) is 0.700. The Balaban J connectivity index is 4.49. The van der Waals surface area contributed by atoms with Crippen molar-refractivity contribution in [2.24, 2.45) is 5.92 Å². The molecule has 92 valence electrons. The summed E-state index contributed by atoms with van der Waals surface area (Å²) in [5, 5.41) is 2.42. The Morgan fingerprint density at radius 1 is 1.12 bits per heavy atom. The van der Waals surface area contributed by atoms with Crippen LogP contribution in [0.2, 0.25) is 0 Å². The Labute approximate surface area is 94.3 Å². The monoisotopic (exact) mass is 231 g/mol. The fourth-order valence-electron chi connectivity index (χ4n) is 0.924. The van der Waals surface area contributed by atoms with Crippen molar-refractivity contribution in [2.45, 2.75) is 26.3 Å².